The summed E-state index contributed by atoms with van der Waals surface area (Å²) in [5, 5.41) is 12.7. The fraction of sp³-hybridized carbons (Fsp3) is 0.250. The van der Waals surface area contributed by atoms with Crippen molar-refractivity contribution in [2.24, 2.45) is 0 Å². The molecule has 0 bridgehead atoms. The highest BCUT2D eigenvalue weighted by Crippen LogP contribution is 2.36. The summed E-state index contributed by atoms with van der Waals surface area (Å²) < 4.78 is 10.0. The molecule has 3 rings (SSSR count). The number of hydrogen-bond acceptors (Lipinski definition) is 6. The highest BCUT2D eigenvalue weighted by atomic mass is 16.5. The number of aromatic hydroxyl groups is 1. The number of nitrogens with one attached hydrogen (secondary N) is 1. The van der Waals surface area contributed by atoms with Gasteiger partial charge in [0.05, 0.1) is 18.5 Å². The Balaban J connectivity index is 1.79. The van der Waals surface area contributed by atoms with Crippen LogP contribution < -0.4 is 15.0 Å². The molecule has 2 N–H and O–H groups in total. The molecule has 8 heteroatoms. The summed E-state index contributed by atoms with van der Waals surface area (Å²) in [4.78, 5) is 38.8. The minimum absolute atomic E-state index is 0.0929. The molecule has 0 aliphatic carbocycles. The van der Waals surface area contributed by atoms with Crippen molar-refractivity contribution in [3.63, 3.8) is 0 Å². The SMILES string of the molecule is COc1ccc(C(=O)OCC(=O)N2c3ccccc3NC(=O)C2(C)C)c(O)c1. The van der Waals surface area contributed by atoms with Crippen LogP contribution in [-0.2, 0) is 14.3 Å². The number of carbonyl (C=O) groups excluding carboxylic acids is 3. The number of phenols is 1. The highest BCUT2D eigenvalue weighted by Gasteiger charge is 2.43. The number of hydrogen-bond donors (Lipinski definition) is 2. The summed E-state index contributed by atoms with van der Waals surface area (Å²) in [6.45, 7) is 2.62. The number of methoxy groups -OCH3 is 1. The van der Waals surface area contributed by atoms with Crippen molar-refractivity contribution >= 4 is 29.2 Å². The van der Waals surface area contributed by atoms with Crippen molar-refractivity contribution in [3.8, 4) is 11.5 Å². The van der Waals surface area contributed by atoms with Crippen LogP contribution in [0.2, 0.25) is 0 Å². The first-order chi connectivity index (χ1) is 13.3. The number of benzene rings is 2. The number of phenolic OH excluding ortho intramolecular Hbond substituents is 1. The maximum Gasteiger partial charge on any atom is 0.342 e. The summed E-state index contributed by atoms with van der Waals surface area (Å²) in [6, 6.07) is 11.0. The zero-order valence-corrected chi connectivity index (χ0v) is 15.7. The molecule has 0 spiro atoms. The molecule has 1 aliphatic heterocycles. The lowest BCUT2D eigenvalue weighted by molar-refractivity contribution is -0.128. The van der Waals surface area contributed by atoms with Gasteiger partial charge in [-0.05, 0) is 38.1 Å². The van der Waals surface area contributed by atoms with Crippen LogP contribution in [0.3, 0.4) is 0 Å². The van der Waals surface area contributed by atoms with E-state index in [9.17, 15) is 19.5 Å². The normalized spacial score (nSPS) is 14.7. The summed E-state index contributed by atoms with van der Waals surface area (Å²) in [5.74, 6) is -1.71. The molecule has 2 aromatic rings. The molecule has 0 radical (unpaired) electrons. The molecule has 0 saturated heterocycles. The van der Waals surface area contributed by atoms with Gasteiger partial charge in [-0.3, -0.25) is 14.5 Å². The van der Waals surface area contributed by atoms with Crippen LogP contribution in [0.5, 0.6) is 11.5 Å². The first kappa shape index (κ1) is 19.2. The number of fused-ring (bicyclic) bond motifs is 1. The van der Waals surface area contributed by atoms with E-state index in [0.717, 1.165) is 0 Å². The topological polar surface area (TPSA) is 105 Å². The van der Waals surface area contributed by atoms with Crippen LogP contribution in [0.4, 0.5) is 11.4 Å². The standard InChI is InChI=1S/C20H20N2O6/c1-20(2)19(26)21-14-6-4-5-7-15(14)22(20)17(24)11-28-18(25)13-9-8-12(27-3)10-16(13)23/h4-10,23H,11H2,1-3H3,(H,21,26). The Hall–Kier alpha value is -3.55. The molecule has 0 saturated carbocycles. The number of ether oxygens (including phenoxy) is 2. The lowest BCUT2D eigenvalue weighted by Gasteiger charge is -2.41. The van der Waals surface area contributed by atoms with Crippen molar-refractivity contribution in [3.05, 3.63) is 48.0 Å². The lowest BCUT2D eigenvalue weighted by Crippen LogP contribution is -2.59. The molecule has 28 heavy (non-hydrogen) atoms. The van der Waals surface area contributed by atoms with Crippen molar-refractivity contribution in [1.82, 2.24) is 0 Å². The first-order valence-corrected chi connectivity index (χ1v) is 8.53. The Labute approximate surface area is 161 Å². The molecule has 1 aliphatic rings. The van der Waals surface area contributed by atoms with Crippen LogP contribution in [0.25, 0.3) is 0 Å². The van der Waals surface area contributed by atoms with Gasteiger partial charge in [-0.15, -0.1) is 0 Å². The number of anilines is 2. The Kier molecular flexibility index (Phi) is 4.96. The molecular weight excluding hydrogens is 364 g/mol. The fourth-order valence-corrected chi connectivity index (χ4v) is 2.98. The van der Waals surface area contributed by atoms with Crippen LogP contribution in [0, 0.1) is 0 Å². The third-order valence-electron chi connectivity index (χ3n) is 4.51. The Morgan fingerprint density at radius 1 is 1.18 bits per heavy atom. The van der Waals surface area contributed by atoms with Gasteiger partial charge in [-0.2, -0.15) is 0 Å². The van der Waals surface area contributed by atoms with Crippen LogP contribution in [0.15, 0.2) is 42.5 Å². The largest absolute Gasteiger partial charge is 0.507 e. The molecule has 0 unspecified atom stereocenters. The number of para-hydroxylation sites is 2. The van der Waals surface area contributed by atoms with Gasteiger partial charge in [0.25, 0.3) is 5.91 Å². The minimum atomic E-state index is -1.17. The number of carbonyl (C=O) groups is 3. The number of nitrogens with zero attached hydrogens (tertiary/aromatic N) is 1. The summed E-state index contributed by atoms with van der Waals surface area (Å²) in [7, 11) is 1.43. The van der Waals surface area contributed by atoms with Crippen molar-refractivity contribution in [2.45, 2.75) is 19.4 Å². The zero-order chi connectivity index (χ0) is 20.5. The van der Waals surface area contributed by atoms with Crippen molar-refractivity contribution in [2.75, 3.05) is 23.9 Å². The van der Waals surface area contributed by atoms with Gasteiger partial charge in [0.1, 0.15) is 22.6 Å². The maximum atomic E-state index is 12.8. The number of amides is 2. The summed E-state index contributed by atoms with van der Waals surface area (Å²) in [5.41, 5.74) is -0.246. The predicted molar refractivity (Wildman–Crippen MR) is 102 cm³/mol. The minimum Gasteiger partial charge on any atom is -0.507 e. The van der Waals surface area contributed by atoms with Crippen molar-refractivity contribution in [1.29, 1.82) is 0 Å². The molecule has 8 nitrogen and oxygen atoms in total. The molecule has 1 heterocycles. The van der Waals surface area contributed by atoms with E-state index in [1.54, 1.807) is 38.1 Å². The second kappa shape index (κ2) is 7.22. The van der Waals surface area contributed by atoms with Gasteiger partial charge in [-0.1, -0.05) is 12.1 Å². The smallest absolute Gasteiger partial charge is 0.342 e. The first-order valence-electron chi connectivity index (χ1n) is 8.53. The van der Waals surface area contributed by atoms with Crippen LogP contribution >= 0.6 is 0 Å². The van der Waals surface area contributed by atoms with Crippen LogP contribution in [-0.4, -0.2) is 42.1 Å². The van der Waals surface area contributed by atoms with E-state index in [2.05, 4.69) is 5.32 Å². The number of esters is 1. The van der Waals surface area contributed by atoms with E-state index in [1.807, 2.05) is 0 Å². The average Bonchev–Trinajstić information content (AvgIpc) is 2.66. The molecule has 0 aromatic heterocycles. The number of rotatable bonds is 4. The van der Waals surface area contributed by atoms with Gasteiger partial charge in [0.15, 0.2) is 6.61 Å². The predicted octanol–water partition coefficient (Wildman–Crippen LogP) is 2.32. The molecule has 0 fully saturated rings. The van der Waals surface area contributed by atoms with E-state index < -0.39 is 24.0 Å². The molecule has 2 aromatic carbocycles. The van der Waals surface area contributed by atoms with E-state index >= 15 is 0 Å². The Morgan fingerprint density at radius 2 is 1.89 bits per heavy atom. The molecule has 0 atom stereocenters. The second-order valence-electron chi connectivity index (χ2n) is 6.72. The maximum absolute atomic E-state index is 12.8. The van der Waals surface area contributed by atoms with E-state index in [-0.39, 0.29) is 17.2 Å². The summed E-state index contributed by atoms with van der Waals surface area (Å²) in [6.07, 6.45) is 0. The average molecular weight is 384 g/mol. The fourth-order valence-electron chi connectivity index (χ4n) is 2.98. The molecule has 2 amide bonds. The van der Waals surface area contributed by atoms with E-state index in [1.165, 1.54) is 30.2 Å². The van der Waals surface area contributed by atoms with Gasteiger partial charge in [-0.25, -0.2) is 4.79 Å². The zero-order valence-electron chi connectivity index (χ0n) is 15.7. The monoisotopic (exact) mass is 384 g/mol. The van der Waals surface area contributed by atoms with Crippen molar-refractivity contribution < 1.29 is 29.0 Å². The van der Waals surface area contributed by atoms with E-state index in [4.69, 9.17) is 9.47 Å². The quantitative estimate of drug-likeness (QED) is 0.784. The third kappa shape index (κ3) is 3.36. The third-order valence-corrected chi connectivity index (χ3v) is 4.51. The van der Waals surface area contributed by atoms with Gasteiger partial charge in [0, 0.05) is 6.07 Å². The Morgan fingerprint density at radius 3 is 2.57 bits per heavy atom. The van der Waals surface area contributed by atoms with Gasteiger partial charge >= 0.3 is 5.97 Å². The lowest BCUT2D eigenvalue weighted by atomic mass is 9.96. The van der Waals surface area contributed by atoms with Gasteiger partial charge < -0.3 is 19.9 Å². The summed E-state index contributed by atoms with van der Waals surface area (Å²) >= 11 is 0. The Bertz CT molecular complexity index is 953. The van der Waals surface area contributed by atoms with E-state index in [0.29, 0.717) is 17.1 Å². The molecule has 146 valence electrons. The second-order valence-corrected chi connectivity index (χ2v) is 6.72. The van der Waals surface area contributed by atoms with Gasteiger partial charge in [0.2, 0.25) is 5.91 Å². The molecular formula is C20H20N2O6. The van der Waals surface area contributed by atoms with Crippen LogP contribution in [0.1, 0.15) is 24.2 Å². The highest BCUT2D eigenvalue weighted by molar-refractivity contribution is 6.14.